The van der Waals surface area contributed by atoms with Gasteiger partial charge in [0.15, 0.2) is 0 Å². The molecule has 0 spiro atoms. The largest absolute Gasteiger partial charge is 0.477 e. The number of hydrogen-bond donors (Lipinski definition) is 3. The molecule has 0 aromatic rings. The van der Waals surface area contributed by atoms with Gasteiger partial charge in [-0.3, -0.25) is 0 Å². The Bertz CT molecular complexity index is 148. The van der Waals surface area contributed by atoms with Crippen LogP contribution in [-0.2, 0) is 4.79 Å². The molecule has 0 saturated carbocycles. The standard InChI is InChI=1S/C3H3F3O4/c4-2(9,1(7)8)3(5,6)10/h9-10H,(H,7,8). The maximum absolute atomic E-state index is 11.7. The Morgan fingerprint density at radius 3 is 1.50 bits per heavy atom. The van der Waals surface area contributed by atoms with Crippen LogP contribution in [-0.4, -0.2) is 33.3 Å². The Labute approximate surface area is 52.5 Å². The molecule has 0 aliphatic heterocycles. The first-order valence-electron chi connectivity index (χ1n) is 1.94. The van der Waals surface area contributed by atoms with Crippen LogP contribution < -0.4 is 0 Å². The molecule has 0 fully saturated rings. The van der Waals surface area contributed by atoms with Crippen LogP contribution in [0, 0.1) is 0 Å². The number of aliphatic hydroxyl groups is 2. The second-order valence-electron chi connectivity index (χ2n) is 1.47. The van der Waals surface area contributed by atoms with E-state index in [0.717, 1.165) is 0 Å². The number of aliphatic carboxylic acids is 1. The highest BCUT2D eigenvalue weighted by atomic mass is 19.3. The summed E-state index contributed by atoms with van der Waals surface area (Å²) in [6.45, 7) is 0. The molecule has 0 radical (unpaired) electrons. The number of alkyl halides is 3. The van der Waals surface area contributed by atoms with Crippen LogP contribution in [0.25, 0.3) is 0 Å². The first-order chi connectivity index (χ1) is 4.19. The van der Waals surface area contributed by atoms with Crippen LogP contribution in [0.15, 0.2) is 0 Å². The molecule has 0 amide bonds. The molecule has 10 heavy (non-hydrogen) atoms. The van der Waals surface area contributed by atoms with E-state index >= 15 is 0 Å². The van der Waals surface area contributed by atoms with Crippen LogP contribution in [0.4, 0.5) is 13.2 Å². The van der Waals surface area contributed by atoms with Gasteiger partial charge in [-0.05, 0) is 0 Å². The summed E-state index contributed by atoms with van der Waals surface area (Å²) in [4.78, 5) is 9.40. The summed E-state index contributed by atoms with van der Waals surface area (Å²) in [6.07, 6.45) is -5.29. The van der Waals surface area contributed by atoms with Crippen molar-refractivity contribution in [2.45, 2.75) is 12.0 Å². The van der Waals surface area contributed by atoms with E-state index < -0.39 is 17.9 Å². The average molecular weight is 160 g/mol. The van der Waals surface area contributed by atoms with Gasteiger partial charge in [0, 0.05) is 0 Å². The zero-order valence-electron chi connectivity index (χ0n) is 4.38. The van der Waals surface area contributed by atoms with E-state index in [2.05, 4.69) is 0 Å². The molecule has 3 N–H and O–H groups in total. The van der Waals surface area contributed by atoms with Gasteiger partial charge < -0.3 is 15.3 Å². The van der Waals surface area contributed by atoms with Crippen LogP contribution in [0.5, 0.6) is 0 Å². The summed E-state index contributed by atoms with van der Waals surface area (Å²) in [5, 5.41) is 22.6. The second-order valence-corrected chi connectivity index (χ2v) is 1.47. The smallest absolute Gasteiger partial charge is 0.423 e. The molecular formula is C3H3F3O4. The highest BCUT2D eigenvalue weighted by Crippen LogP contribution is 2.26. The molecule has 0 heterocycles. The molecule has 0 aliphatic rings. The van der Waals surface area contributed by atoms with E-state index in [4.69, 9.17) is 15.3 Å². The number of carboxylic acids is 1. The molecule has 4 nitrogen and oxygen atoms in total. The summed E-state index contributed by atoms with van der Waals surface area (Å²) in [5.74, 6) is -7.77. The third-order valence-electron chi connectivity index (χ3n) is 0.682. The average Bonchev–Trinajstić information content (AvgIpc) is 1.62. The Morgan fingerprint density at radius 2 is 1.50 bits per heavy atom. The SMILES string of the molecule is O=C(O)C(O)(F)C(O)(F)F. The van der Waals surface area contributed by atoms with Crippen molar-refractivity contribution in [3.63, 3.8) is 0 Å². The molecular weight excluding hydrogens is 157 g/mol. The Morgan fingerprint density at radius 1 is 1.20 bits per heavy atom. The van der Waals surface area contributed by atoms with Gasteiger partial charge in [0.25, 0.3) is 0 Å². The van der Waals surface area contributed by atoms with Gasteiger partial charge in [-0.1, -0.05) is 0 Å². The van der Waals surface area contributed by atoms with E-state index in [0.29, 0.717) is 0 Å². The normalized spacial score (nSPS) is 18.1. The highest BCUT2D eigenvalue weighted by molar-refractivity contribution is 5.76. The summed E-state index contributed by atoms with van der Waals surface area (Å²) in [5.41, 5.74) is 0. The van der Waals surface area contributed by atoms with E-state index in [9.17, 15) is 18.0 Å². The molecule has 0 rings (SSSR count). The van der Waals surface area contributed by atoms with Crippen LogP contribution in [0.2, 0.25) is 0 Å². The van der Waals surface area contributed by atoms with Crippen LogP contribution in [0.1, 0.15) is 0 Å². The van der Waals surface area contributed by atoms with Crippen LogP contribution in [0.3, 0.4) is 0 Å². The Kier molecular flexibility index (Phi) is 1.93. The monoisotopic (exact) mass is 160 g/mol. The lowest BCUT2D eigenvalue weighted by Crippen LogP contribution is -2.50. The lowest BCUT2D eigenvalue weighted by atomic mass is 10.3. The lowest BCUT2D eigenvalue weighted by Gasteiger charge is -2.18. The van der Waals surface area contributed by atoms with Gasteiger partial charge in [0.05, 0.1) is 0 Å². The molecule has 0 bridgehead atoms. The predicted molar refractivity (Wildman–Crippen MR) is 20.9 cm³/mol. The number of carbonyl (C=O) groups is 1. The van der Waals surface area contributed by atoms with E-state index in [1.54, 1.807) is 0 Å². The van der Waals surface area contributed by atoms with Crippen LogP contribution >= 0.6 is 0 Å². The number of halogens is 3. The third kappa shape index (κ3) is 1.36. The fourth-order valence-corrected chi connectivity index (χ4v) is 0.129. The Hall–Kier alpha value is -0.820. The second kappa shape index (κ2) is 2.10. The summed E-state index contributed by atoms with van der Waals surface area (Å²) >= 11 is 0. The first-order valence-corrected chi connectivity index (χ1v) is 1.94. The van der Waals surface area contributed by atoms with E-state index in [1.807, 2.05) is 0 Å². The maximum Gasteiger partial charge on any atom is 0.423 e. The first kappa shape index (κ1) is 9.18. The number of hydrogen-bond acceptors (Lipinski definition) is 3. The predicted octanol–water partition coefficient (Wildman–Crippen LogP) is -0.686. The van der Waals surface area contributed by atoms with Gasteiger partial charge in [0.2, 0.25) is 0 Å². The quantitative estimate of drug-likeness (QED) is 0.499. The van der Waals surface area contributed by atoms with Crippen molar-refractivity contribution in [1.29, 1.82) is 0 Å². The van der Waals surface area contributed by atoms with Crippen molar-refractivity contribution in [1.82, 2.24) is 0 Å². The Balaban J connectivity index is 4.57. The van der Waals surface area contributed by atoms with Gasteiger partial charge in [-0.2, -0.15) is 13.2 Å². The number of rotatable bonds is 2. The third-order valence-corrected chi connectivity index (χ3v) is 0.682. The molecule has 1 atom stereocenters. The van der Waals surface area contributed by atoms with Crippen molar-refractivity contribution >= 4 is 5.97 Å². The molecule has 0 aromatic heterocycles. The van der Waals surface area contributed by atoms with Crippen molar-refractivity contribution < 1.29 is 33.3 Å². The minimum absolute atomic E-state index is 2.85. The molecule has 7 heteroatoms. The summed E-state index contributed by atoms with van der Waals surface area (Å²) < 4.78 is 34.3. The molecule has 0 aromatic carbocycles. The van der Waals surface area contributed by atoms with Gasteiger partial charge in [-0.15, -0.1) is 0 Å². The molecule has 0 aliphatic carbocycles. The summed E-state index contributed by atoms with van der Waals surface area (Å²) in [6, 6.07) is 0. The van der Waals surface area contributed by atoms with E-state index in [-0.39, 0.29) is 0 Å². The van der Waals surface area contributed by atoms with Gasteiger partial charge in [-0.25, -0.2) is 4.79 Å². The lowest BCUT2D eigenvalue weighted by molar-refractivity contribution is -0.341. The summed E-state index contributed by atoms with van der Waals surface area (Å²) in [7, 11) is 0. The molecule has 0 saturated heterocycles. The van der Waals surface area contributed by atoms with E-state index in [1.165, 1.54) is 0 Å². The minimum Gasteiger partial charge on any atom is -0.477 e. The van der Waals surface area contributed by atoms with Gasteiger partial charge >= 0.3 is 17.9 Å². The van der Waals surface area contributed by atoms with Crippen molar-refractivity contribution in [3.05, 3.63) is 0 Å². The topological polar surface area (TPSA) is 77.8 Å². The molecule has 1 unspecified atom stereocenters. The van der Waals surface area contributed by atoms with Crippen molar-refractivity contribution in [2.24, 2.45) is 0 Å². The van der Waals surface area contributed by atoms with Crippen molar-refractivity contribution in [2.75, 3.05) is 0 Å². The fraction of sp³-hybridized carbons (Fsp3) is 0.667. The zero-order valence-corrected chi connectivity index (χ0v) is 4.38. The van der Waals surface area contributed by atoms with Gasteiger partial charge in [0.1, 0.15) is 0 Å². The number of carboxylic acid groups (broad SMARTS) is 1. The van der Waals surface area contributed by atoms with Crippen molar-refractivity contribution in [3.8, 4) is 0 Å². The zero-order chi connectivity index (χ0) is 8.58. The molecule has 60 valence electrons. The minimum atomic E-state index is -5.29. The fourth-order valence-electron chi connectivity index (χ4n) is 0.129. The maximum atomic E-state index is 11.7. The highest BCUT2D eigenvalue weighted by Gasteiger charge is 2.59.